The van der Waals surface area contributed by atoms with Crippen molar-refractivity contribution in [1.29, 1.82) is 0 Å². The monoisotopic (exact) mass is 1110 g/mol. The fourth-order valence-corrected chi connectivity index (χ4v) is 8.43. The van der Waals surface area contributed by atoms with Gasteiger partial charge < -0.3 is 14.2 Å². The minimum absolute atomic E-state index is 0.104. The average molecular weight is 1120 g/mol. The van der Waals surface area contributed by atoms with Gasteiger partial charge in [-0.1, -0.05) is 268 Å². The van der Waals surface area contributed by atoms with Crippen molar-refractivity contribution in [1.82, 2.24) is 0 Å². The topological polar surface area (TPSA) is 78.9 Å². The Labute approximate surface area is 498 Å². The standard InChI is InChI=1S/C75H118O6/c1-4-7-10-13-16-19-22-25-28-30-32-34-36-37-39-40-42-44-47-50-53-56-59-62-65-68-74(77)80-71-72(70-79-73(76)67-64-61-58-55-52-49-46-27-24-21-18-15-12-9-6-3)81-75(78)69-66-63-60-57-54-51-48-45-43-41-38-35-33-31-29-26-23-20-17-14-11-8-5-2/h7-12,16-21,25-29,32-35,37,39,41-44,46,72H,4-6,13-15,22-24,30-31,36,38,40,45,47-71H2,1-3H3/b10-7-,11-8-,12-9-,19-16-,20-17-,21-18-,28-25-,29-26-,34-32-,35-33-,39-37-,43-41-,44-42-,46-27-. The lowest BCUT2D eigenvalue weighted by atomic mass is 10.1. The molecule has 6 nitrogen and oxygen atoms in total. The first-order valence-corrected chi connectivity index (χ1v) is 32.6. The summed E-state index contributed by atoms with van der Waals surface area (Å²) in [6.07, 6.45) is 99.2. The third-order valence-electron chi connectivity index (χ3n) is 13.2. The van der Waals surface area contributed by atoms with Crippen molar-refractivity contribution in [3.8, 4) is 0 Å². The van der Waals surface area contributed by atoms with Gasteiger partial charge in [0.05, 0.1) is 0 Å². The molecule has 0 spiro atoms. The van der Waals surface area contributed by atoms with Gasteiger partial charge in [-0.05, 0) is 148 Å². The minimum atomic E-state index is -0.809. The van der Waals surface area contributed by atoms with Crippen LogP contribution < -0.4 is 0 Å². The molecule has 0 aromatic carbocycles. The van der Waals surface area contributed by atoms with E-state index in [0.29, 0.717) is 19.3 Å². The van der Waals surface area contributed by atoms with Crippen LogP contribution in [0.5, 0.6) is 0 Å². The number of ether oxygens (including phenoxy) is 3. The van der Waals surface area contributed by atoms with Crippen LogP contribution in [0.1, 0.15) is 265 Å². The number of unbranched alkanes of at least 4 members (excludes halogenated alkanes) is 18. The van der Waals surface area contributed by atoms with Crippen LogP contribution in [-0.4, -0.2) is 37.2 Å². The van der Waals surface area contributed by atoms with E-state index in [1.807, 2.05) is 0 Å². The molecule has 0 aromatic heterocycles. The third-order valence-corrected chi connectivity index (χ3v) is 13.2. The van der Waals surface area contributed by atoms with Crippen LogP contribution in [0.25, 0.3) is 0 Å². The second-order valence-corrected chi connectivity index (χ2v) is 20.9. The molecule has 0 aliphatic rings. The number of hydrogen-bond acceptors (Lipinski definition) is 6. The van der Waals surface area contributed by atoms with Gasteiger partial charge in [-0.15, -0.1) is 0 Å². The summed E-state index contributed by atoms with van der Waals surface area (Å²) in [4.78, 5) is 38.4. The highest BCUT2D eigenvalue weighted by Crippen LogP contribution is 2.14. The van der Waals surface area contributed by atoms with E-state index in [-0.39, 0.29) is 31.1 Å². The minimum Gasteiger partial charge on any atom is -0.462 e. The second-order valence-electron chi connectivity index (χ2n) is 20.9. The molecule has 0 aliphatic carbocycles. The van der Waals surface area contributed by atoms with Crippen LogP contribution in [0.3, 0.4) is 0 Å². The Kier molecular flexibility index (Phi) is 62.9. The summed E-state index contributed by atoms with van der Waals surface area (Å²) < 4.78 is 16.9. The molecule has 0 aromatic rings. The quantitative estimate of drug-likeness (QED) is 0.0261. The van der Waals surface area contributed by atoms with Crippen LogP contribution in [0, 0.1) is 0 Å². The lowest BCUT2D eigenvalue weighted by Gasteiger charge is -2.18. The maximum atomic E-state index is 12.9. The normalized spacial score (nSPS) is 13.3. The average Bonchev–Trinajstić information content (AvgIpc) is 3.47. The summed E-state index contributed by atoms with van der Waals surface area (Å²) in [7, 11) is 0. The Morgan fingerprint density at radius 3 is 0.691 bits per heavy atom. The van der Waals surface area contributed by atoms with Crippen LogP contribution in [0.2, 0.25) is 0 Å². The zero-order valence-corrected chi connectivity index (χ0v) is 52.0. The Hall–Kier alpha value is -5.23. The molecule has 0 amide bonds. The van der Waals surface area contributed by atoms with Crippen LogP contribution >= 0.6 is 0 Å². The largest absolute Gasteiger partial charge is 0.462 e. The molecule has 0 saturated heterocycles. The molecule has 1 atom stereocenters. The highest BCUT2D eigenvalue weighted by Gasteiger charge is 2.19. The van der Waals surface area contributed by atoms with Gasteiger partial charge in [-0.25, -0.2) is 0 Å². The molecular weight excluding hydrogens is 997 g/mol. The molecular formula is C75H118O6. The molecule has 6 heteroatoms. The first kappa shape index (κ1) is 75.8. The van der Waals surface area contributed by atoms with Crippen LogP contribution in [0.4, 0.5) is 0 Å². The van der Waals surface area contributed by atoms with E-state index in [1.165, 1.54) is 32.1 Å². The molecule has 0 aliphatic heterocycles. The van der Waals surface area contributed by atoms with E-state index in [0.717, 1.165) is 193 Å². The Morgan fingerprint density at radius 2 is 0.444 bits per heavy atom. The summed E-state index contributed by atoms with van der Waals surface area (Å²) >= 11 is 0. The SMILES string of the molecule is CC/C=C\C/C=C\C/C=C\C/C=C\C/C=C\C/C=C\CCCCCCCCC(=O)OCC(COC(=O)CCCCCCC/C=C\C/C=C\C/C=C\CC)OC(=O)CCCCCCCCC/C=C\C/C=C\C/C=C\C/C=C\C/C=C\CC. The van der Waals surface area contributed by atoms with Crippen molar-refractivity contribution < 1.29 is 28.6 Å². The molecule has 1 unspecified atom stereocenters. The molecule has 454 valence electrons. The zero-order valence-electron chi connectivity index (χ0n) is 52.0. The van der Waals surface area contributed by atoms with E-state index in [1.54, 1.807) is 0 Å². The highest BCUT2D eigenvalue weighted by atomic mass is 16.6. The van der Waals surface area contributed by atoms with E-state index in [4.69, 9.17) is 14.2 Å². The van der Waals surface area contributed by atoms with Gasteiger partial charge in [0.2, 0.25) is 0 Å². The van der Waals surface area contributed by atoms with Gasteiger partial charge in [0.1, 0.15) is 13.2 Å². The van der Waals surface area contributed by atoms with Gasteiger partial charge in [-0.3, -0.25) is 14.4 Å². The lowest BCUT2D eigenvalue weighted by Crippen LogP contribution is -2.30. The van der Waals surface area contributed by atoms with Crippen molar-refractivity contribution in [2.75, 3.05) is 13.2 Å². The summed E-state index contributed by atoms with van der Waals surface area (Å²) in [5.74, 6) is -0.949. The smallest absolute Gasteiger partial charge is 0.306 e. The van der Waals surface area contributed by atoms with Crippen molar-refractivity contribution in [3.63, 3.8) is 0 Å². The number of carbonyl (C=O) groups excluding carboxylic acids is 3. The molecule has 0 rings (SSSR count). The number of carbonyl (C=O) groups is 3. The molecule has 0 N–H and O–H groups in total. The number of allylic oxidation sites excluding steroid dienone is 28. The van der Waals surface area contributed by atoms with Crippen molar-refractivity contribution in [2.45, 2.75) is 271 Å². The molecule has 0 heterocycles. The predicted molar refractivity (Wildman–Crippen MR) is 352 cm³/mol. The van der Waals surface area contributed by atoms with E-state index in [9.17, 15) is 14.4 Å². The third kappa shape index (κ3) is 65.5. The van der Waals surface area contributed by atoms with Crippen LogP contribution in [-0.2, 0) is 28.6 Å². The van der Waals surface area contributed by atoms with E-state index in [2.05, 4.69) is 191 Å². The number of esters is 3. The first-order valence-electron chi connectivity index (χ1n) is 32.6. The van der Waals surface area contributed by atoms with Gasteiger partial charge in [-0.2, -0.15) is 0 Å². The summed E-state index contributed by atoms with van der Waals surface area (Å²) in [5, 5.41) is 0. The molecule has 0 saturated carbocycles. The second kappa shape index (κ2) is 67.3. The maximum Gasteiger partial charge on any atom is 0.306 e. The van der Waals surface area contributed by atoms with Crippen molar-refractivity contribution in [3.05, 3.63) is 170 Å². The predicted octanol–water partition coefficient (Wildman–Crippen LogP) is 22.7. The molecule has 0 radical (unpaired) electrons. The Morgan fingerprint density at radius 1 is 0.247 bits per heavy atom. The zero-order chi connectivity index (χ0) is 58.5. The van der Waals surface area contributed by atoms with Gasteiger partial charge in [0.15, 0.2) is 6.10 Å². The molecule has 0 bridgehead atoms. The Balaban J connectivity index is 4.47. The number of hydrogen-bond donors (Lipinski definition) is 0. The van der Waals surface area contributed by atoms with Gasteiger partial charge in [0.25, 0.3) is 0 Å². The fourth-order valence-electron chi connectivity index (χ4n) is 8.43. The first-order chi connectivity index (χ1) is 40.0. The molecule has 0 fully saturated rings. The van der Waals surface area contributed by atoms with Crippen molar-refractivity contribution >= 4 is 17.9 Å². The van der Waals surface area contributed by atoms with E-state index >= 15 is 0 Å². The fraction of sp³-hybridized carbons (Fsp3) is 0.587. The lowest BCUT2D eigenvalue weighted by molar-refractivity contribution is -0.167. The Bertz CT molecular complexity index is 1860. The van der Waals surface area contributed by atoms with Gasteiger partial charge in [0, 0.05) is 19.3 Å². The summed E-state index contributed by atoms with van der Waals surface area (Å²) in [6, 6.07) is 0. The maximum absolute atomic E-state index is 12.9. The molecule has 81 heavy (non-hydrogen) atoms. The van der Waals surface area contributed by atoms with Gasteiger partial charge >= 0.3 is 17.9 Å². The van der Waals surface area contributed by atoms with Crippen molar-refractivity contribution in [2.24, 2.45) is 0 Å². The number of rotatable bonds is 57. The highest BCUT2D eigenvalue weighted by molar-refractivity contribution is 5.71. The summed E-state index contributed by atoms with van der Waals surface area (Å²) in [6.45, 7) is 6.26. The van der Waals surface area contributed by atoms with Crippen LogP contribution in [0.15, 0.2) is 170 Å². The summed E-state index contributed by atoms with van der Waals surface area (Å²) in [5.41, 5.74) is 0. The van der Waals surface area contributed by atoms with E-state index < -0.39 is 6.10 Å².